The highest BCUT2D eigenvalue weighted by atomic mass is 16.1. The second-order valence-corrected chi connectivity index (χ2v) is 3.88. The van der Waals surface area contributed by atoms with Crippen molar-refractivity contribution in [2.24, 2.45) is 0 Å². The molecule has 3 nitrogen and oxygen atoms in total. The van der Waals surface area contributed by atoms with Gasteiger partial charge in [0, 0.05) is 38.8 Å². The molecule has 0 unspecified atom stereocenters. The van der Waals surface area contributed by atoms with Gasteiger partial charge in [-0.05, 0) is 13.0 Å². The van der Waals surface area contributed by atoms with Crippen LogP contribution in [0.3, 0.4) is 0 Å². The smallest absolute Gasteiger partial charge is 0.135 e. The molecule has 0 radical (unpaired) electrons. The molecule has 3 heteroatoms. The lowest BCUT2D eigenvalue weighted by Gasteiger charge is -2.25. The molecule has 1 aliphatic heterocycles. The van der Waals surface area contributed by atoms with Crippen molar-refractivity contribution in [3.05, 3.63) is 0 Å². The van der Waals surface area contributed by atoms with Crippen LogP contribution in [0.4, 0.5) is 0 Å². The van der Waals surface area contributed by atoms with Crippen LogP contribution in [0.25, 0.3) is 0 Å². The van der Waals surface area contributed by atoms with Gasteiger partial charge in [0.1, 0.15) is 11.6 Å². The number of likely N-dealkylation sites (tertiary alicyclic amines) is 1. The van der Waals surface area contributed by atoms with Crippen LogP contribution in [-0.2, 0) is 9.59 Å². The van der Waals surface area contributed by atoms with Crippen molar-refractivity contribution in [1.82, 2.24) is 4.90 Å². The van der Waals surface area contributed by atoms with E-state index in [1.165, 1.54) is 0 Å². The van der Waals surface area contributed by atoms with Crippen LogP contribution in [0.2, 0.25) is 0 Å². The summed E-state index contributed by atoms with van der Waals surface area (Å²) < 4.78 is 0. The molecule has 0 bridgehead atoms. The molecule has 1 rings (SSSR count). The summed E-state index contributed by atoms with van der Waals surface area (Å²) in [5, 5.41) is 0. The Morgan fingerprint density at radius 3 is 2.57 bits per heavy atom. The Hall–Kier alpha value is -0.700. The minimum atomic E-state index is 0.345. The molecule has 0 N–H and O–H groups in total. The monoisotopic (exact) mass is 197 g/mol. The predicted molar refractivity (Wildman–Crippen MR) is 55.2 cm³/mol. The van der Waals surface area contributed by atoms with Crippen LogP contribution in [0, 0.1) is 0 Å². The Kier molecular flexibility index (Phi) is 4.80. The van der Waals surface area contributed by atoms with Crippen molar-refractivity contribution in [2.45, 2.75) is 39.0 Å². The molecule has 80 valence electrons. The minimum Gasteiger partial charge on any atom is -0.302 e. The maximum Gasteiger partial charge on any atom is 0.135 e. The Morgan fingerprint density at radius 2 is 2.00 bits per heavy atom. The second-order valence-electron chi connectivity index (χ2n) is 3.88. The quantitative estimate of drug-likeness (QED) is 0.668. The van der Waals surface area contributed by atoms with Crippen LogP contribution in [0.5, 0.6) is 0 Å². The number of nitrogens with zero attached hydrogens (tertiary/aromatic N) is 1. The predicted octanol–water partition coefficient (Wildman–Crippen LogP) is 1.41. The Labute approximate surface area is 85.5 Å². The van der Waals surface area contributed by atoms with Gasteiger partial charge in [-0.15, -0.1) is 0 Å². The molecule has 0 atom stereocenters. The number of piperidine rings is 1. The van der Waals surface area contributed by atoms with Gasteiger partial charge >= 0.3 is 0 Å². The first-order chi connectivity index (χ1) is 6.72. The number of hydrogen-bond donors (Lipinski definition) is 0. The topological polar surface area (TPSA) is 37.4 Å². The van der Waals surface area contributed by atoms with E-state index in [-0.39, 0.29) is 0 Å². The lowest BCUT2D eigenvalue weighted by Crippen LogP contribution is -2.34. The van der Waals surface area contributed by atoms with Crippen LogP contribution in [-0.4, -0.2) is 36.1 Å². The first kappa shape index (κ1) is 11.4. The number of rotatable bonds is 5. The highest BCUT2D eigenvalue weighted by molar-refractivity contribution is 5.79. The van der Waals surface area contributed by atoms with E-state index >= 15 is 0 Å². The van der Waals surface area contributed by atoms with E-state index in [4.69, 9.17) is 0 Å². The Balaban J connectivity index is 2.07. The molecular formula is C11H19NO2. The summed E-state index contributed by atoms with van der Waals surface area (Å²) in [4.78, 5) is 24.3. The van der Waals surface area contributed by atoms with Gasteiger partial charge in [-0.1, -0.05) is 6.92 Å². The van der Waals surface area contributed by atoms with Crippen molar-refractivity contribution in [3.63, 3.8) is 0 Å². The van der Waals surface area contributed by atoms with E-state index < -0.39 is 0 Å². The summed E-state index contributed by atoms with van der Waals surface area (Å²) in [6.45, 7) is 4.65. The normalized spacial score (nSPS) is 18.5. The zero-order valence-electron chi connectivity index (χ0n) is 8.92. The number of hydrogen-bond acceptors (Lipinski definition) is 3. The van der Waals surface area contributed by atoms with Gasteiger partial charge in [0.15, 0.2) is 0 Å². The minimum absolute atomic E-state index is 0.345. The van der Waals surface area contributed by atoms with Crippen LogP contribution in [0.15, 0.2) is 0 Å². The van der Waals surface area contributed by atoms with Crippen molar-refractivity contribution < 1.29 is 9.59 Å². The summed E-state index contributed by atoms with van der Waals surface area (Å²) in [6.07, 6.45) is 3.68. The van der Waals surface area contributed by atoms with Gasteiger partial charge in [-0.3, -0.25) is 9.59 Å². The molecule has 0 aromatic rings. The number of carbonyl (C=O) groups is 2. The fraction of sp³-hybridized carbons (Fsp3) is 0.818. The first-order valence-corrected chi connectivity index (χ1v) is 5.48. The van der Waals surface area contributed by atoms with Crippen molar-refractivity contribution in [1.29, 1.82) is 0 Å². The maximum absolute atomic E-state index is 11.0. The molecule has 1 saturated heterocycles. The third kappa shape index (κ3) is 4.01. The lowest BCUT2D eigenvalue weighted by molar-refractivity contribution is -0.122. The van der Waals surface area contributed by atoms with Gasteiger partial charge in [0.25, 0.3) is 0 Å². The van der Waals surface area contributed by atoms with Gasteiger partial charge in [0.05, 0.1) is 0 Å². The zero-order chi connectivity index (χ0) is 10.4. The fourth-order valence-corrected chi connectivity index (χ4v) is 1.70. The van der Waals surface area contributed by atoms with Gasteiger partial charge in [0.2, 0.25) is 0 Å². The third-order valence-electron chi connectivity index (χ3n) is 2.74. The molecule has 1 heterocycles. The zero-order valence-corrected chi connectivity index (χ0v) is 8.92. The number of carbonyl (C=O) groups excluding carboxylic acids is 2. The fourth-order valence-electron chi connectivity index (χ4n) is 1.70. The number of ketones is 2. The summed E-state index contributed by atoms with van der Waals surface area (Å²) in [6, 6.07) is 0. The summed E-state index contributed by atoms with van der Waals surface area (Å²) >= 11 is 0. The van der Waals surface area contributed by atoms with E-state index in [9.17, 15) is 9.59 Å². The molecule has 0 aromatic carbocycles. The van der Waals surface area contributed by atoms with Gasteiger partial charge in [-0.2, -0.15) is 0 Å². The average molecular weight is 197 g/mol. The average Bonchev–Trinajstić information content (AvgIpc) is 2.21. The Morgan fingerprint density at radius 1 is 1.36 bits per heavy atom. The summed E-state index contributed by atoms with van der Waals surface area (Å²) in [5.74, 6) is 0.726. The summed E-state index contributed by atoms with van der Waals surface area (Å²) in [7, 11) is 0. The molecule has 0 spiro atoms. The van der Waals surface area contributed by atoms with Crippen LogP contribution < -0.4 is 0 Å². The van der Waals surface area contributed by atoms with Crippen molar-refractivity contribution in [2.75, 3.05) is 19.6 Å². The van der Waals surface area contributed by atoms with Gasteiger partial charge in [-0.25, -0.2) is 0 Å². The lowest BCUT2D eigenvalue weighted by atomic mass is 10.1. The molecule has 14 heavy (non-hydrogen) atoms. The molecule has 0 amide bonds. The van der Waals surface area contributed by atoms with Crippen molar-refractivity contribution >= 4 is 11.6 Å². The first-order valence-electron chi connectivity index (χ1n) is 5.48. The Bertz CT molecular complexity index is 203. The van der Waals surface area contributed by atoms with E-state index in [1.54, 1.807) is 0 Å². The molecule has 0 aromatic heterocycles. The summed E-state index contributed by atoms with van der Waals surface area (Å²) in [5.41, 5.74) is 0. The molecule has 1 aliphatic rings. The molecular weight excluding hydrogens is 178 g/mol. The maximum atomic E-state index is 11.0. The standard InChI is InChI=1S/C11H19NO2/c1-2-10(13)4-3-7-12-8-5-11(14)6-9-12/h2-9H2,1H3. The SMILES string of the molecule is CCC(=O)CCCN1CCC(=O)CC1. The highest BCUT2D eigenvalue weighted by Crippen LogP contribution is 2.07. The number of Topliss-reactive ketones (excluding diaryl/α,β-unsaturated/α-hetero) is 2. The van der Waals surface area contributed by atoms with E-state index in [1.807, 2.05) is 6.92 Å². The largest absolute Gasteiger partial charge is 0.302 e. The molecule has 0 aliphatic carbocycles. The highest BCUT2D eigenvalue weighted by Gasteiger charge is 2.15. The molecule has 0 saturated carbocycles. The molecule has 1 fully saturated rings. The van der Waals surface area contributed by atoms with E-state index in [0.29, 0.717) is 37.2 Å². The van der Waals surface area contributed by atoms with E-state index in [2.05, 4.69) is 4.90 Å². The van der Waals surface area contributed by atoms with Crippen LogP contribution in [0.1, 0.15) is 39.0 Å². The van der Waals surface area contributed by atoms with E-state index in [0.717, 1.165) is 26.1 Å². The van der Waals surface area contributed by atoms with Crippen molar-refractivity contribution in [3.8, 4) is 0 Å². The van der Waals surface area contributed by atoms with Gasteiger partial charge < -0.3 is 4.90 Å². The second kappa shape index (κ2) is 5.91. The third-order valence-corrected chi connectivity index (χ3v) is 2.74. The van der Waals surface area contributed by atoms with Crippen LogP contribution >= 0.6 is 0 Å².